The first-order valence-corrected chi connectivity index (χ1v) is 7.34. The minimum Gasteiger partial charge on any atom is -0.375 e. The molecule has 0 aliphatic carbocycles. The van der Waals surface area contributed by atoms with Gasteiger partial charge in [-0.2, -0.15) is 0 Å². The fourth-order valence-electron chi connectivity index (χ4n) is 2.40. The zero-order valence-electron chi connectivity index (χ0n) is 13.2. The van der Waals surface area contributed by atoms with Crippen LogP contribution in [0.2, 0.25) is 0 Å². The van der Waals surface area contributed by atoms with Crippen molar-refractivity contribution in [3.05, 3.63) is 69.3 Å². The maximum absolute atomic E-state index is 11.2. The topological polar surface area (TPSA) is 76.7 Å². The summed E-state index contributed by atoms with van der Waals surface area (Å²) < 4.78 is 0. The van der Waals surface area contributed by atoms with Crippen LogP contribution < -0.4 is 10.2 Å². The summed E-state index contributed by atoms with van der Waals surface area (Å²) in [6.07, 6.45) is 0.603. The second-order valence-electron chi connectivity index (χ2n) is 5.66. The van der Waals surface area contributed by atoms with E-state index in [0.717, 1.165) is 12.1 Å². The van der Waals surface area contributed by atoms with Gasteiger partial charge >= 0.3 is 0 Å². The van der Waals surface area contributed by atoms with Gasteiger partial charge in [-0.05, 0) is 17.7 Å². The predicted molar refractivity (Wildman–Crippen MR) is 88.8 cm³/mol. The predicted octanol–water partition coefficient (Wildman–Crippen LogP) is 1.66. The van der Waals surface area contributed by atoms with Crippen molar-refractivity contribution in [2.75, 3.05) is 19.4 Å². The monoisotopic (exact) mass is 314 g/mol. The average Bonchev–Trinajstić information content (AvgIpc) is 2.53. The molecule has 6 heteroatoms. The highest BCUT2D eigenvalue weighted by molar-refractivity contribution is 5.79. The van der Waals surface area contributed by atoms with Gasteiger partial charge in [-0.15, -0.1) is 0 Å². The fraction of sp³-hybridized carbons (Fsp3) is 0.235. The molecule has 2 rings (SSSR count). The minimum absolute atomic E-state index is 0.0923. The maximum Gasteiger partial charge on any atom is 0.293 e. The van der Waals surface area contributed by atoms with E-state index in [4.69, 9.17) is 0 Å². The molecular weight excluding hydrogens is 294 g/mol. The molecule has 0 saturated carbocycles. The van der Waals surface area contributed by atoms with Gasteiger partial charge < -0.3 is 10.2 Å². The van der Waals surface area contributed by atoms with Crippen LogP contribution in [0.3, 0.4) is 0 Å². The average molecular weight is 314 g/mol. The Bertz CT molecular complexity index is 714. The lowest BCUT2D eigenvalue weighted by atomic mass is 10.1. The summed E-state index contributed by atoms with van der Waals surface area (Å²) >= 11 is 0. The molecule has 2 N–H and O–H groups in total. The lowest BCUT2D eigenvalue weighted by Crippen LogP contribution is -3.04. The molecule has 23 heavy (non-hydrogen) atoms. The molecule has 0 bridgehead atoms. The standard InChI is InChI=1S/C17H19N3O3/c1-19(2)11-15-6-4-3-5-14(15)10-18-16-8-7-13(12-21)9-17(16)20(22)23/h3-9,12,18H,10-11H2,1-2H3/p+1. The van der Waals surface area contributed by atoms with Crippen LogP contribution >= 0.6 is 0 Å². The first kappa shape index (κ1) is 16.6. The van der Waals surface area contributed by atoms with E-state index in [1.807, 2.05) is 18.2 Å². The van der Waals surface area contributed by atoms with Gasteiger partial charge in [0.05, 0.1) is 19.0 Å². The maximum atomic E-state index is 11.2. The van der Waals surface area contributed by atoms with Gasteiger partial charge in [-0.1, -0.05) is 24.3 Å². The number of anilines is 1. The van der Waals surface area contributed by atoms with Crippen LogP contribution in [-0.2, 0) is 13.1 Å². The third-order valence-electron chi connectivity index (χ3n) is 3.49. The summed E-state index contributed by atoms with van der Waals surface area (Å²) in [6.45, 7) is 1.37. The molecule has 0 saturated heterocycles. The zero-order valence-corrected chi connectivity index (χ0v) is 13.2. The van der Waals surface area contributed by atoms with Gasteiger partial charge in [-0.3, -0.25) is 14.9 Å². The lowest BCUT2D eigenvalue weighted by molar-refractivity contribution is -0.872. The Morgan fingerprint density at radius 2 is 1.87 bits per heavy atom. The largest absolute Gasteiger partial charge is 0.375 e. The number of quaternary nitrogens is 1. The van der Waals surface area contributed by atoms with Gasteiger partial charge in [0.15, 0.2) is 0 Å². The number of nitro groups is 1. The van der Waals surface area contributed by atoms with E-state index in [0.29, 0.717) is 24.1 Å². The van der Waals surface area contributed by atoms with Crippen molar-refractivity contribution in [2.24, 2.45) is 0 Å². The highest BCUT2D eigenvalue weighted by atomic mass is 16.6. The molecule has 0 radical (unpaired) electrons. The van der Waals surface area contributed by atoms with Crippen molar-refractivity contribution < 1.29 is 14.6 Å². The summed E-state index contributed by atoms with van der Waals surface area (Å²) in [5.41, 5.74) is 2.91. The zero-order chi connectivity index (χ0) is 16.8. The number of carbonyl (C=O) groups is 1. The lowest BCUT2D eigenvalue weighted by Gasteiger charge is -2.13. The Morgan fingerprint density at radius 1 is 1.17 bits per heavy atom. The Morgan fingerprint density at radius 3 is 2.48 bits per heavy atom. The van der Waals surface area contributed by atoms with Crippen LogP contribution in [0, 0.1) is 10.1 Å². The number of hydrogen-bond acceptors (Lipinski definition) is 4. The van der Waals surface area contributed by atoms with Gasteiger partial charge in [0.2, 0.25) is 0 Å². The van der Waals surface area contributed by atoms with Crippen molar-refractivity contribution in [3.8, 4) is 0 Å². The molecule has 6 nitrogen and oxygen atoms in total. The Hall–Kier alpha value is -2.73. The van der Waals surface area contributed by atoms with Crippen LogP contribution in [0.15, 0.2) is 42.5 Å². The van der Waals surface area contributed by atoms with E-state index in [9.17, 15) is 14.9 Å². The van der Waals surface area contributed by atoms with E-state index in [-0.39, 0.29) is 5.69 Å². The molecule has 2 aromatic carbocycles. The van der Waals surface area contributed by atoms with Crippen molar-refractivity contribution in [1.29, 1.82) is 0 Å². The quantitative estimate of drug-likeness (QED) is 0.463. The molecule has 0 heterocycles. The molecule has 0 aliphatic rings. The number of aldehydes is 1. The third-order valence-corrected chi connectivity index (χ3v) is 3.49. The fourth-order valence-corrected chi connectivity index (χ4v) is 2.40. The van der Waals surface area contributed by atoms with Gasteiger partial charge in [0, 0.05) is 23.7 Å². The highest BCUT2D eigenvalue weighted by Crippen LogP contribution is 2.25. The molecule has 0 amide bonds. The van der Waals surface area contributed by atoms with Gasteiger partial charge in [0.25, 0.3) is 5.69 Å². The number of hydrogen-bond donors (Lipinski definition) is 2. The molecule has 120 valence electrons. The van der Waals surface area contributed by atoms with E-state index in [1.54, 1.807) is 12.1 Å². The Labute approximate surface area is 134 Å². The number of rotatable bonds is 7. The van der Waals surface area contributed by atoms with Crippen LogP contribution in [-0.4, -0.2) is 25.3 Å². The summed E-state index contributed by atoms with van der Waals surface area (Å²) in [7, 11) is 4.15. The number of benzene rings is 2. The number of nitro benzene ring substituents is 1. The van der Waals surface area contributed by atoms with E-state index >= 15 is 0 Å². The van der Waals surface area contributed by atoms with Crippen molar-refractivity contribution in [1.82, 2.24) is 0 Å². The smallest absolute Gasteiger partial charge is 0.293 e. The first-order valence-electron chi connectivity index (χ1n) is 7.34. The first-order chi connectivity index (χ1) is 11.0. The van der Waals surface area contributed by atoms with Gasteiger partial charge in [-0.25, -0.2) is 0 Å². The molecule has 0 aromatic heterocycles. The number of nitrogens with one attached hydrogen (secondary N) is 2. The van der Waals surface area contributed by atoms with E-state index in [1.165, 1.54) is 16.5 Å². The van der Waals surface area contributed by atoms with Crippen molar-refractivity contribution in [3.63, 3.8) is 0 Å². The molecule has 0 spiro atoms. The summed E-state index contributed by atoms with van der Waals surface area (Å²) in [6, 6.07) is 12.4. The van der Waals surface area contributed by atoms with E-state index < -0.39 is 4.92 Å². The number of nitrogens with zero attached hydrogens (tertiary/aromatic N) is 1. The van der Waals surface area contributed by atoms with Crippen LogP contribution in [0.1, 0.15) is 21.5 Å². The molecule has 0 fully saturated rings. The van der Waals surface area contributed by atoms with Gasteiger partial charge in [0.1, 0.15) is 18.5 Å². The van der Waals surface area contributed by atoms with Crippen LogP contribution in [0.4, 0.5) is 11.4 Å². The third kappa shape index (κ3) is 4.37. The van der Waals surface area contributed by atoms with E-state index in [2.05, 4.69) is 25.5 Å². The van der Waals surface area contributed by atoms with Crippen molar-refractivity contribution in [2.45, 2.75) is 13.1 Å². The molecule has 0 atom stereocenters. The molecular formula is C17H20N3O3+. The normalized spacial score (nSPS) is 10.6. The summed E-state index contributed by atoms with van der Waals surface area (Å²) in [4.78, 5) is 22.8. The minimum atomic E-state index is -0.481. The van der Waals surface area contributed by atoms with Crippen molar-refractivity contribution >= 4 is 17.7 Å². The van der Waals surface area contributed by atoms with Crippen LogP contribution in [0.5, 0.6) is 0 Å². The Balaban J connectivity index is 2.21. The number of carbonyl (C=O) groups excluding carboxylic acids is 1. The summed E-state index contributed by atoms with van der Waals surface area (Å²) in [5, 5.41) is 14.3. The SMILES string of the molecule is C[NH+](C)Cc1ccccc1CNc1ccc(C=O)cc1[N+](=O)[O-]. The second kappa shape index (κ2) is 7.51. The highest BCUT2D eigenvalue weighted by Gasteiger charge is 2.15. The molecule has 0 unspecified atom stereocenters. The summed E-state index contributed by atoms with van der Waals surface area (Å²) in [5.74, 6) is 0. The second-order valence-corrected chi connectivity index (χ2v) is 5.66. The molecule has 2 aromatic rings. The molecule has 0 aliphatic heterocycles. The van der Waals surface area contributed by atoms with Crippen LogP contribution in [0.25, 0.3) is 0 Å². The Kier molecular flexibility index (Phi) is 5.43.